The van der Waals surface area contributed by atoms with Gasteiger partial charge in [0.15, 0.2) is 0 Å². The molecule has 0 aromatic carbocycles. The number of rotatable bonds is 5. The summed E-state index contributed by atoms with van der Waals surface area (Å²) in [6.07, 6.45) is 3.04. The van der Waals surface area contributed by atoms with Crippen LogP contribution in [0.4, 0.5) is 0 Å². The number of hydrogen-bond acceptors (Lipinski definition) is 3. The Kier molecular flexibility index (Phi) is 5.33. The SMILES string of the molecule is CCCC(CN)C(=O)NC1CCSC1. The smallest absolute Gasteiger partial charge is 0.224 e. The van der Waals surface area contributed by atoms with Gasteiger partial charge in [-0.1, -0.05) is 13.3 Å². The van der Waals surface area contributed by atoms with E-state index in [2.05, 4.69) is 12.2 Å². The van der Waals surface area contributed by atoms with Crippen molar-refractivity contribution in [2.45, 2.75) is 32.2 Å². The summed E-state index contributed by atoms with van der Waals surface area (Å²) < 4.78 is 0. The standard InChI is InChI=1S/C10H20N2OS/c1-2-3-8(6-11)10(13)12-9-4-5-14-7-9/h8-9H,2-7,11H2,1H3,(H,12,13). The Morgan fingerprint density at radius 1 is 1.71 bits per heavy atom. The van der Waals surface area contributed by atoms with Crippen molar-refractivity contribution in [2.75, 3.05) is 18.1 Å². The number of carbonyl (C=O) groups is 1. The summed E-state index contributed by atoms with van der Waals surface area (Å²) in [7, 11) is 0. The zero-order chi connectivity index (χ0) is 10.4. The lowest BCUT2D eigenvalue weighted by atomic mass is 10.0. The molecular formula is C10H20N2OS. The molecule has 14 heavy (non-hydrogen) atoms. The largest absolute Gasteiger partial charge is 0.352 e. The van der Waals surface area contributed by atoms with Crippen LogP contribution in [0.1, 0.15) is 26.2 Å². The van der Waals surface area contributed by atoms with E-state index in [1.165, 1.54) is 5.75 Å². The van der Waals surface area contributed by atoms with E-state index in [-0.39, 0.29) is 11.8 Å². The third-order valence-electron chi connectivity index (χ3n) is 2.57. The Labute approximate surface area is 90.2 Å². The van der Waals surface area contributed by atoms with Crippen molar-refractivity contribution in [1.82, 2.24) is 5.32 Å². The van der Waals surface area contributed by atoms with Crippen LogP contribution in [-0.2, 0) is 4.79 Å². The van der Waals surface area contributed by atoms with Gasteiger partial charge in [-0.15, -0.1) is 0 Å². The molecule has 0 aromatic heterocycles. The van der Waals surface area contributed by atoms with Crippen LogP contribution < -0.4 is 11.1 Å². The average molecular weight is 216 g/mol. The summed E-state index contributed by atoms with van der Waals surface area (Å²) in [6.45, 7) is 2.56. The molecule has 0 aromatic rings. The second-order valence-electron chi connectivity index (χ2n) is 3.79. The fourth-order valence-electron chi connectivity index (χ4n) is 1.67. The highest BCUT2D eigenvalue weighted by Gasteiger charge is 2.21. The molecule has 1 saturated heterocycles. The highest BCUT2D eigenvalue weighted by Crippen LogP contribution is 2.17. The van der Waals surface area contributed by atoms with E-state index in [0.717, 1.165) is 25.0 Å². The molecule has 3 N–H and O–H groups in total. The molecule has 1 aliphatic heterocycles. The minimum atomic E-state index is 0.0191. The maximum absolute atomic E-state index is 11.7. The van der Waals surface area contributed by atoms with Crippen molar-refractivity contribution in [3.05, 3.63) is 0 Å². The Morgan fingerprint density at radius 3 is 3.00 bits per heavy atom. The maximum atomic E-state index is 11.7. The third-order valence-corrected chi connectivity index (χ3v) is 3.73. The summed E-state index contributed by atoms with van der Waals surface area (Å²) in [5.41, 5.74) is 5.57. The molecule has 4 heteroatoms. The molecule has 3 nitrogen and oxygen atoms in total. The van der Waals surface area contributed by atoms with Gasteiger partial charge in [-0.3, -0.25) is 4.79 Å². The van der Waals surface area contributed by atoms with E-state index in [1.807, 2.05) is 11.8 Å². The molecule has 2 unspecified atom stereocenters. The van der Waals surface area contributed by atoms with Crippen molar-refractivity contribution < 1.29 is 4.79 Å². The summed E-state index contributed by atoms with van der Waals surface area (Å²) >= 11 is 1.91. The first-order valence-corrected chi connectivity index (χ1v) is 6.51. The van der Waals surface area contributed by atoms with Crippen LogP contribution in [0.5, 0.6) is 0 Å². The van der Waals surface area contributed by atoms with E-state index in [9.17, 15) is 4.79 Å². The van der Waals surface area contributed by atoms with Crippen LogP contribution in [0, 0.1) is 5.92 Å². The molecule has 2 atom stereocenters. The zero-order valence-corrected chi connectivity index (χ0v) is 9.61. The fourth-order valence-corrected chi connectivity index (χ4v) is 2.82. The molecule has 1 heterocycles. The summed E-state index contributed by atoms with van der Waals surface area (Å²) in [5.74, 6) is 2.41. The first kappa shape index (κ1) is 11.9. The van der Waals surface area contributed by atoms with Crippen LogP contribution in [0.25, 0.3) is 0 Å². The summed E-state index contributed by atoms with van der Waals surface area (Å²) in [5, 5.41) is 3.07. The van der Waals surface area contributed by atoms with Crippen molar-refractivity contribution in [3.63, 3.8) is 0 Å². The molecule has 82 valence electrons. The average Bonchev–Trinajstić information content (AvgIpc) is 2.66. The topological polar surface area (TPSA) is 55.1 Å². The number of amides is 1. The van der Waals surface area contributed by atoms with Gasteiger partial charge in [0.25, 0.3) is 0 Å². The first-order valence-electron chi connectivity index (χ1n) is 5.36. The van der Waals surface area contributed by atoms with Crippen LogP contribution in [-0.4, -0.2) is 30.0 Å². The highest BCUT2D eigenvalue weighted by molar-refractivity contribution is 7.99. The number of carbonyl (C=O) groups excluding carboxylic acids is 1. The Balaban J connectivity index is 2.30. The Morgan fingerprint density at radius 2 is 2.50 bits per heavy atom. The molecule has 0 aliphatic carbocycles. The Bertz CT molecular complexity index is 181. The Hall–Kier alpha value is -0.220. The lowest BCUT2D eigenvalue weighted by molar-refractivity contribution is -0.125. The molecule has 1 rings (SSSR count). The van der Waals surface area contributed by atoms with E-state index in [0.29, 0.717) is 12.6 Å². The monoisotopic (exact) mass is 216 g/mol. The number of nitrogens with two attached hydrogens (primary N) is 1. The van der Waals surface area contributed by atoms with Crippen molar-refractivity contribution in [1.29, 1.82) is 0 Å². The molecule has 0 bridgehead atoms. The molecule has 0 radical (unpaired) electrons. The van der Waals surface area contributed by atoms with Gasteiger partial charge >= 0.3 is 0 Å². The van der Waals surface area contributed by atoms with Gasteiger partial charge in [0.05, 0.1) is 5.92 Å². The van der Waals surface area contributed by atoms with E-state index in [1.54, 1.807) is 0 Å². The number of thioether (sulfide) groups is 1. The fraction of sp³-hybridized carbons (Fsp3) is 0.900. The molecule has 0 saturated carbocycles. The van der Waals surface area contributed by atoms with E-state index < -0.39 is 0 Å². The summed E-state index contributed by atoms with van der Waals surface area (Å²) in [4.78, 5) is 11.7. The predicted molar refractivity (Wildman–Crippen MR) is 61.3 cm³/mol. The van der Waals surface area contributed by atoms with Crippen LogP contribution >= 0.6 is 11.8 Å². The first-order chi connectivity index (χ1) is 6.77. The van der Waals surface area contributed by atoms with Crippen LogP contribution in [0.15, 0.2) is 0 Å². The number of hydrogen-bond donors (Lipinski definition) is 2. The van der Waals surface area contributed by atoms with Crippen molar-refractivity contribution >= 4 is 17.7 Å². The van der Waals surface area contributed by atoms with Gasteiger partial charge < -0.3 is 11.1 Å². The molecule has 1 aliphatic rings. The highest BCUT2D eigenvalue weighted by atomic mass is 32.2. The summed E-state index contributed by atoms with van der Waals surface area (Å²) in [6, 6.07) is 0.387. The zero-order valence-electron chi connectivity index (χ0n) is 8.79. The van der Waals surface area contributed by atoms with Crippen molar-refractivity contribution in [3.8, 4) is 0 Å². The van der Waals surface area contributed by atoms with Gasteiger partial charge in [-0.2, -0.15) is 11.8 Å². The van der Waals surface area contributed by atoms with Gasteiger partial charge in [0.1, 0.15) is 0 Å². The van der Waals surface area contributed by atoms with Gasteiger partial charge in [-0.05, 0) is 18.6 Å². The molecular weight excluding hydrogens is 196 g/mol. The van der Waals surface area contributed by atoms with E-state index >= 15 is 0 Å². The minimum absolute atomic E-state index is 0.0191. The minimum Gasteiger partial charge on any atom is -0.352 e. The second kappa shape index (κ2) is 6.30. The van der Waals surface area contributed by atoms with Crippen LogP contribution in [0.3, 0.4) is 0 Å². The van der Waals surface area contributed by atoms with Crippen molar-refractivity contribution in [2.24, 2.45) is 11.7 Å². The lowest BCUT2D eigenvalue weighted by Crippen LogP contribution is -2.41. The van der Waals surface area contributed by atoms with E-state index in [4.69, 9.17) is 5.73 Å². The normalized spacial score (nSPS) is 23.4. The second-order valence-corrected chi connectivity index (χ2v) is 4.94. The van der Waals surface area contributed by atoms with Gasteiger partial charge in [0.2, 0.25) is 5.91 Å². The molecule has 1 fully saturated rings. The number of nitrogens with one attached hydrogen (secondary N) is 1. The van der Waals surface area contributed by atoms with Crippen LogP contribution in [0.2, 0.25) is 0 Å². The lowest BCUT2D eigenvalue weighted by Gasteiger charge is -2.17. The van der Waals surface area contributed by atoms with Gasteiger partial charge in [-0.25, -0.2) is 0 Å². The third kappa shape index (κ3) is 3.50. The predicted octanol–water partition coefficient (Wildman–Crippen LogP) is 0.983. The van der Waals surface area contributed by atoms with Gasteiger partial charge in [0, 0.05) is 18.3 Å². The maximum Gasteiger partial charge on any atom is 0.224 e. The molecule has 1 amide bonds. The quantitative estimate of drug-likeness (QED) is 0.720. The molecule has 0 spiro atoms.